The lowest BCUT2D eigenvalue weighted by molar-refractivity contribution is 0.293. The molecule has 2 heteroatoms. The standard InChI is InChI=1S/C19H24N2/c1-15-7-3-4-9-17(15)13-21(2)14-18-12-20-11-16-8-5-6-10-19(16)18/h3-10,18,20H,11-14H2,1-2H3. The first kappa shape index (κ1) is 14.3. The van der Waals surface area contributed by atoms with Gasteiger partial charge in [0.25, 0.3) is 0 Å². The van der Waals surface area contributed by atoms with Crippen molar-refractivity contribution in [1.82, 2.24) is 10.2 Å². The molecular formula is C19H24N2. The van der Waals surface area contributed by atoms with Gasteiger partial charge in [0.05, 0.1) is 0 Å². The second-order valence-electron chi connectivity index (χ2n) is 6.15. The average molecular weight is 280 g/mol. The summed E-state index contributed by atoms with van der Waals surface area (Å²) in [5.74, 6) is 0.587. The van der Waals surface area contributed by atoms with Gasteiger partial charge in [0.1, 0.15) is 0 Å². The SMILES string of the molecule is Cc1ccccc1CN(C)CC1CNCc2ccccc21. The monoisotopic (exact) mass is 280 g/mol. The molecule has 0 aliphatic carbocycles. The van der Waals surface area contributed by atoms with Crippen LogP contribution in [-0.4, -0.2) is 25.0 Å². The Labute approximate surface area is 127 Å². The van der Waals surface area contributed by atoms with E-state index in [9.17, 15) is 0 Å². The Morgan fingerprint density at radius 2 is 1.86 bits per heavy atom. The van der Waals surface area contributed by atoms with Crippen molar-refractivity contribution in [1.29, 1.82) is 0 Å². The van der Waals surface area contributed by atoms with E-state index in [1.165, 1.54) is 22.3 Å². The van der Waals surface area contributed by atoms with E-state index < -0.39 is 0 Å². The molecule has 110 valence electrons. The zero-order valence-corrected chi connectivity index (χ0v) is 13.0. The van der Waals surface area contributed by atoms with Gasteiger partial charge in [-0.3, -0.25) is 0 Å². The summed E-state index contributed by atoms with van der Waals surface area (Å²) in [5.41, 5.74) is 5.79. The highest BCUT2D eigenvalue weighted by atomic mass is 15.1. The topological polar surface area (TPSA) is 15.3 Å². The fraction of sp³-hybridized carbons (Fsp3) is 0.368. The summed E-state index contributed by atoms with van der Waals surface area (Å²) in [4.78, 5) is 2.44. The molecule has 1 unspecified atom stereocenters. The predicted molar refractivity (Wildman–Crippen MR) is 88.4 cm³/mol. The average Bonchev–Trinajstić information content (AvgIpc) is 2.50. The molecule has 0 amide bonds. The normalized spacial score (nSPS) is 17.8. The van der Waals surface area contributed by atoms with Crippen LogP contribution in [0.4, 0.5) is 0 Å². The van der Waals surface area contributed by atoms with Gasteiger partial charge < -0.3 is 10.2 Å². The number of likely N-dealkylation sites (N-methyl/N-ethyl adjacent to an activating group) is 1. The van der Waals surface area contributed by atoms with Crippen LogP contribution in [0.5, 0.6) is 0 Å². The summed E-state index contributed by atoms with van der Waals surface area (Å²) in [6.45, 7) is 6.40. The number of benzene rings is 2. The molecule has 1 N–H and O–H groups in total. The van der Waals surface area contributed by atoms with Crippen LogP contribution < -0.4 is 5.32 Å². The van der Waals surface area contributed by atoms with Gasteiger partial charge in [-0.05, 0) is 36.2 Å². The fourth-order valence-electron chi connectivity index (χ4n) is 3.27. The smallest absolute Gasteiger partial charge is 0.0233 e. The molecule has 1 aliphatic heterocycles. The molecule has 1 aliphatic rings. The van der Waals surface area contributed by atoms with E-state index in [0.717, 1.165) is 26.2 Å². The lowest BCUT2D eigenvalue weighted by atomic mass is 9.90. The number of hydrogen-bond donors (Lipinski definition) is 1. The quantitative estimate of drug-likeness (QED) is 0.924. The van der Waals surface area contributed by atoms with Crippen molar-refractivity contribution < 1.29 is 0 Å². The molecule has 2 aromatic carbocycles. The van der Waals surface area contributed by atoms with Gasteiger partial charge in [-0.1, -0.05) is 48.5 Å². The third-order valence-electron chi connectivity index (χ3n) is 4.43. The summed E-state index contributed by atoms with van der Waals surface area (Å²) in [5, 5.41) is 3.54. The first-order valence-electron chi connectivity index (χ1n) is 7.75. The summed E-state index contributed by atoms with van der Waals surface area (Å²) >= 11 is 0. The van der Waals surface area contributed by atoms with E-state index in [4.69, 9.17) is 0 Å². The third-order valence-corrected chi connectivity index (χ3v) is 4.43. The van der Waals surface area contributed by atoms with E-state index in [-0.39, 0.29) is 0 Å². The molecular weight excluding hydrogens is 256 g/mol. The Bertz CT molecular complexity index is 606. The minimum atomic E-state index is 0.587. The van der Waals surface area contributed by atoms with Gasteiger partial charge >= 0.3 is 0 Å². The molecule has 0 saturated heterocycles. The molecule has 2 aromatic rings. The lowest BCUT2D eigenvalue weighted by Crippen LogP contribution is -2.35. The maximum Gasteiger partial charge on any atom is 0.0233 e. The van der Waals surface area contributed by atoms with Crippen molar-refractivity contribution in [2.45, 2.75) is 25.9 Å². The van der Waals surface area contributed by atoms with Gasteiger partial charge in [0.15, 0.2) is 0 Å². The third kappa shape index (κ3) is 3.34. The van der Waals surface area contributed by atoms with Gasteiger partial charge in [0, 0.05) is 32.1 Å². The van der Waals surface area contributed by atoms with E-state index in [0.29, 0.717) is 5.92 Å². The zero-order chi connectivity index (χ0) is 14.7. The lowest BCUT2D eigenvalue weighted by Gasteiger charge is -2.30. The molecule has 0 fully saturated rings. The largest absolute Gasteiger partial charge is 0.312 e. The van der Waals surface area contributed by atoms with Gasteiger partial charge in [-0.25, -0.2) is 0 Å². The maximum atomic E-state index is 3.54. The van der Waals surface area contributed by atoms with Gasteiger partial charge in [-0.2, -0.15) is 0 Å². The summed E-state index contributed by atoms with van der Waals surface area (Å²) in [7, 11) is 2.23. The van der Waals surface area contributed by atoms with Crippen molar-refractivity contribution in [3.8, 4) is 0 Å². The van der Waals surface area contributed by atoms with Crippen molar-refractivity contribution in [2.24, 2.45) is 0 Å². The van der Waals surface area contributed by atoms with E-state index in [2.05, 4.69) is 72.7 Å². The number of aryl methyl sites for hydroxylation is 1. The Morgan fingerprint density at radius 3 is 2.71 bits per heavy atom. The molecule has 0 spiro atoms. The van der Waals surface area contributed by atoms with Crippen LogP contribution in [0.1, 0.15) is 28.2 Å². The highest BCUT2D eigenvalue weighted by molar-refractivity contribution is 5.33. The van der Waals surface area contributed by atoms with Crippen LogP contribution >= 0.6 is 0 Å². The Morgan fingerprint density at radius 1 is 1.10 bits per heavy atom. The van der Waals surface area contributed by atoms with Crippen LogP contribution in [-0.2, 0) is 13.1 Å². The molecule has 21 heavy (non-hydrogen) atoms. The molecule has 1 heterocycles. The number of nitrogens with one attached hydrogen (secondary N) is 1. The number of rotatable bonds is 4. The molecule has 0 bridgehead atoms. The molecule has 0 aromatic heterocycles. The number of hydrogen-bond acceptors (Lipinski definition) is 2. The van der Waals surface area contributed by atoms with Crippen molar-refractivity contribution in [2.75, 3.05) is 20.1 Å². The maximum absolute atomic E-state index is 3.54. The highest BCUT2D eigenvalue weighted by Gasteiger charge is 2.20. The number of nitrogens with zero attached hydrogens (tertiary/aromatic N) is 1. The van der Waals surface area contributed by atoms with Crippen LogP contribution in [0, 0.1) is 6.92 Å². The van der Waals surface area contributed by atoms with Gasteiger partial charge in [0.2, 0.25) is 0 Å². The van der Waals surface area contributed by atoms with E-state index in [1.54, 1.807) is 0 Å². The second-order valence-corrected chi connectivity index (χ2v) is 6.15. The van der Waals surface area contributed by atoms with Crippen LogP contribution in [0.15, 0.2) is 48.5 Å². The second kappa shape index (κ2) is 6.42. The van der Waals surface area contributed by atoms with Gasteiger partial charge in [-0.15, -0.1) is 0 Å². The van der Waals surface area contributed by atoms with Crippen LogP contribution in [0.25, 0.3) is 0 Å². The molecule has 0 radical (unpaired) electrons. The number of fused-ring (bicyclic) bond motifs is 1. The Kier molecular flexibility index (Phi) is 4.37. The zero-order valence-electron chi connectivity index (χ0n) is 13.0. The summed E-state index contributed by atoms with van der Waals surface area (Å²) < 4.78 is 0. The Balaban J connectivity index is 1.69. The van der Waals surface area contributed by atoms with E-state index in [1.807, 2.05) is 0 Å². The minimum Gasteiger partial charge on any atom is -0.312 e. The Hall–Kier alpha value is -1.64. The first-order valence-corrected chi connectivity index (χ1v) is 7.75. The van der Waals surface area contributed by atoms with Crippen LogP contribution in [0.3, 0.4) is 0 Å². The van der Waals surface area contributed by atoms with Crippen molar-refractivity contribution >= 4 is 0 Å². The first-order chi connectivity index (χ1) is 10.2. The minimum absolute atomic E-state index is 0.587. The highest BCUT2D eigenvalue weighted by Crippen LogP contribution is 2.24. The molecule has 3 rings (SSSR count). The van der Waals surface area contributed by atoms with E-state index >= 15 is 0 Å². The summed E-state index contributed by atoms with van der Waals surface area (Å²) in [6, 6.07) is 17.5. The summed E-state index contributed by atoms with van der Waals surface area (Å²) in [6.07, 6.45) is 0. The van der Waals surface area contributed by atoms with Crippen molar-refractivity contribution in [3.63, 3.8) is 0 Å². The molecule has 0 saturated carbocycles. The van der Waals surface area contributed by atoms with Crippen LogP contribution in [0.2, 0.25) is 0 Å². The fourth-order valence-corrected chi connectivity index (χ4v) is 3.27. The molecule has 1 atom stereocenters. The van der Waals surface area contributed by atoms with Crippen molar-refractivity contribution in [3.05, 3.63) is 70.8 Å². The predicted octanol–water partition coefficient (Wildman–Crippen LogP) is 3.31. The molecule has 2 nitrogen and oxygen atoms in total.